The molecule has 2 rings (SSSR count). The summed E-state index contributed by atoms with van der Waals surface area (Å²) in [6.07, 6.45) is 4.76. The molecule has 1 amide bonds. The van der Waals surface area contributed by atoms with Crippen LogP contribution in [-0.4, -0.2) is 37.0 Å². The van der Waals surface area contributed by atoms with Gasteiger partial charge in [-0.05, 0) is 31.2 Å². The summed E-state index contributed by atoms with van der Waals surface area (Å²) in [6, 6.07) is 0. The molecule has 0 aromatic heterocycles. The van der Waals surface area contributed by atoms with E-state index in [0.717, 1.165) is 38.0 Å². The molecular weight excluding hydrogens is 188 g/mol. The first-order valence-electron chi connectivity index (χ1n) is 6.29. The van der Waals surface area contributed by atoms with E-state index in [2.05, 4.69) is 17.1 Å². The van der Waals surface area contributed by atoms with Crippen LogP contribution < -0.4 is 5.32 Å². The number of hydrogen-bond acceptors (Lipinski definition) is 2. The molecule has 2 unspecified atom stereocenters. The predicted molar refractivity (Wildman–Crippen MR) is 60.6 cm³/mol. The van der Waals surface area contributed by atoms with Crippen molar-refractivity contribution in [2.24, 2.45) is 11.8 Å². The minimum Gasteiger partial charge on any atom is -0.342 e. The van der Waals surface area contributed by atoms with Gasteiger partial charge in [0.1, 0.15) is 0 Å². The Morgan fingerprint density at radius 1 is 1.33 bits per heavy atom. The first kappa shape index (κ1) is 10.9. The Morgan fingerprint density at radius 2 is 2.00 bits per heavy atom. The van der Waals surface area contributed by atoms with Crippen LogP contribution in [0.2, 0.25) is 0 Å². The standard InChI is InChI=1S/C12H22N2O/c1-2-13-7-6-12(15)14-8-10-4-3-5-11(10)9-14/h10-11,13H,2-9H2,1H3. The average Bonchev–Trinajstić information content (AvgIpc) is 2.76. The summed E-state index contributed by atoms with van der Waals surface area (Å²) in [5.74, 6) is 2.01. The second kappa shape index (κ2) is 4.97. The molecule has 1 heterocycles. The monoisotopic (exact) mass is 210 g/mol. The lowest BCUT2D eigenvalue weighted by Gasteiger charge is -2.17. The molecule has 2 fully saturated rings. The molecule has 0 spiro atoms. The number of rotatable bonds is 4. The van der Waals surface area contributed by atoms with Crippen molar-refractivity contribution in [3.63, 3.8) is 0 Å². The molecule has 3 nitrogen and oxygen atoms in total. The van der Waals surface area contributed by atoms with Gasteiger partial charge in [-0.15, -0.1) is 0 Å². The zero-order valence-electron chi connectivity index (χ0n) is 9.67. The van der Waals surface area contributed by atoms with Crippen LogP contribution >= 0.6 is 0 Å². The number of likely N-dealkylation sites (tertiary alicyclic amines) is 1. The van der Waals surface area contributed by atoms with E-state index in [1.165, 1.54) is 19.3 Å². The van der Waals surface area contributed by atoms with E-state index in [9.17, 15) is 4.79 Å². The molecule has 1 aliphatic carbocycles. The molecule has 1 saturated carbocycles. The topological polar surface area (TPSA) is 32.3 Å². The van der Waals surface area contributed by atoms with Gasteiger partial charge in [0, 0.05) is 26.1 Å². The van der Waals surface area contributed by atoms with Gasteiger partial charge in [-0.2, -0.15) is 0 Å². The molecule has 2 atom stereocenters. The molecule has 1 saturated heterocycles. The molecular formula is C12H22N2O. The Balaban J connectivity index is 1.73. The van der Waals surface area contributed by atoms with E-state index in [1.54, 1.807) is 0 Å². The van der Waals surface area contributed by atoms with Gasteiger partial charge in [0.05, 0.1) is 0 Å². The summed E-state index contributed by atoms with van der Waals surface area (Å²) in [5, 5.41) is 3.21. The lowest BCUT2D eigenvalue weighted by Crippen LogP contribution is -2.32. The number of amides is 1. The van der Waals surface area contributed by atoms with E-state index in [4.69, 9.17) is 0 Å². The Hall–Kier alpha value is -0.570. The summed E-state index contributed by atoms with van der Waals surface area (Å²) in [6.45, 7) is 5.94. The zero-order chi connectivity index (χ0) is 10.7. The lowest BCUT2D eigenvalue weighted by atomic mass is 10.0. The first-order chi connectivity index (χ1) is 7.31. The average molecular weight is 210 g/mol. The molecule has 0 radical (unpaired) electrons. The zero-order valence-corrected chi connectivity index (χ0v) is 9.67. The fraction of sp³-hybridized carbons (Fsp3) is 0.917. The molecule has 0 aromatic rings. The number of nitrogens with zero attached hydrogens (tertiary/aromatic N) is 1. The van der Waals surface area contributed by atoms with Crippen LogP contribution in [0.1, 0.15) is 32.6 Å². The summed E-state index contributed by atoms with van der Waals surface area (Å²) in [5.41, 5.74) is 0. The molecule has 0 bridgehead atoms. The fourth-order valence-corrected chi connectivity index (χ4v) is 2.97. The highest BCUT2D eigenvalue weighted by Gasteiger charge is 2.37. The van der Waals surface area contributed by atoms with Crippen LogP contribution in [0.4, 0.5) is 0 Å². The van der Waals surface area contributed by atoms with Gasteiger partial charge in [-0.25, -0.2) is 0 Å². The van der Waals surface area contributed by atoms with Crippen molar-refractivity contribution in [3.8, 4) is 0 Å². The smallest absolute Gasteiger partial charge is 0.223 e. The number of carbonyl (C=O) groups excluding carboxylic acids is 1. The van der Waals surface area contributed by atoms with Crippen LogP contribution in [0.3, 0.4) is 0 Å². The first-order valence-corrected chi connectivity index (χ1v) is 6.29. The number of hydrogen-bond donors (Lipinski definition) is 1. The number of fused-ring (bicyclic) bond motifs is 1. The Labute approximate surface area is 92.2 Å². The van der Waals surface area contributed by atoms with Crippen molar-refractivity contribution >= 4 is 5.91 Å². The van der Waals surface area contributed by atoms with Gasteiger partial charge < -0.3 is 10.2 Å². The van der Waals surface area contributed by atoms with E-state index >= 15 is 0 Å². The van der Waals surface area contributed by atoms with E-state index < -0.39 is 0 Å². The Morgan fingerprint density at radius 3 is 2.60 bits per heavy atom. The van der Waals surface area contributed by atoms with Crippen LogP contribution in [-0.2, 0) is 4.79 Å². The van der Waals surface area contributed by atoms with Crippen molar-refractivity contribution < 1.29 is 4.79 Å². The van der Waals surface area contributed by atoms with Crippen molar-refractivity contribution in [2.45, 2.75) is 32.6 Å². The molecule has 15 heavy (non-hydrogen) atoms. The maximum absolute atomic E-state index is 11.8. The molecule has 2 aliphatic rings. The molecule has 0 aromatic carbocycles. The third-order valence-corrected chi connectivity index (χ3v) is 3.84. The van der Waals surface area contributed by atoms with Crippen LogP contribution in [0.5, 0.6) is 0 Å². The van der Waals surface area contributed by atoms with Crippen LogP contribution in [0.15, 0.2) is 0 Å². The van der Waals surface area contributed by atoms with Gasteiger partial charge in [-0.1, -0.05) is 13.3 Å². The summed E-state index contributed by atoms with van der Waals surface area (Å²) >= 11 is 0. The minimum atomic E-state index is 0.352. The molecule has 1 aliphatic heterocycles. The second-order valence-corrected chi connectivity index (χ2v) is 4.85. The lowest BCUT2D eigenvalue weighted by molar-refractivity contribution is -0.130. The second-order valence-electron chi connectivity index (χ2n) is 4.85. The highest BCUT2D eigenvalue weighted by molar-refractivity contribution is 5.76. The predicted octanol–water partition coefficient (Wildman–Crippen LogP) is 1.24. The van der Waals surface area contributed by atoms with Gasteiger partial charge in [-0.3, -0.25) is 4.79 Å². The summed E-state index contributed by atoms with van der Waals surface area (Å²) in [7, 11) is 0. The number of carbonyl (C=O) groups is 1. The molecule has 1 N–H and O–H groups in total. The van der Waals surface area contributed by atoms with Gasteiger partial charge in [0.15, 0.2) is 0 Å². The maximum atomic E-state index is 11.8. The third kappa shape index (κ3) is 2.51. The quantitative estimate of drug-likeness (QED) is 0.708. The summed E-state index contributed by atoms with van der Waals surface area (Å²) in [4.78, 5) is 13.9. The normalized spacial score (nSPS) is 29.5. The van der Waals surface area contributed by atoms with Crippen LogP contribution in [0, 0.1) is 11.8 Å². The van der Waals surface area contributed by atoms with Gasteiger partial charge in [0.2, 0.25) is 5.91 Å². The van der Waals surface area contributed by atoms with Crippen molar-refractivity contribution in [3.05, 3.63) is 0 Å². The van der Waals surface area contributed by atoms with Crippen molar-refractivity contribution in [1.82, 2.24) is 10.2 Å². The largest absolute Gasteiger partial charge is 0.342 e. The van der Waals surface area contributed by atoms with Crippen LogP contribution in [0.25, 0.3) is 0 Å². The minimum absolute atomic E-state index is 0.352. The third-order valence-electron chi connectivity index (χ3n) is 3.84. The molecule has 3 heteroatoms. The van der Waals surface area contributed by atoms with E-state index in [0.29, 0.717) is 12.3 Å². The molecule has 86 valence electrons. The Bertz CT molecular complexity index is 218. The highest BCUT2D eigenvalue weighted by atomic mass is 16.2. The van der Waals surface area contributed by atoms with Crippen molar-refractivity contribution in [1.29, 1.82) is 0 Å². The van der Waals surface area contributed by atoms with Gasteiger partial charge in [0.25, 0.3) is 0 Å². The van der Waals surface area contributed by atoms with E-state index in [1.807, 2.05) is 0 Å². The summed E-state index contributed by atoms with van der Waals surface area (Å²) < 4.78 is 0. The highest BCUT2D eigenvalue weighted by Crippen LogP contribution is 2.37. The van der Waals surface area contributed by atoms with E-state index in [-0.39, 0.29) is 0 Å². The van der Waals surface area contributed by atoms with Crippen molar-refractivity contribution in [2.75, 3.05) is 26.2 Å². The fourth-order valence-electron chi connectivity index (χ4n) is 2.97. The number of nitrogens with one attached hydrogen (secondary N) is 1. The van der Waals surface area contributed by atoms with Gasteiger partial charge >= 0.3 is 0 Å². The SMILES string of the molecule is CCNCCC(=O)N1CC2CCCC2C1. The Kier molecular flexibility index (Phi) is 3.62. The maximum Gasteiger partial charge on any atom is 0.223 e.